The second kappa shape index (κ2) is 11.2. The van der Waals surface area contributed by atoms with Crippen LogP contribution in [0.3, 0.4) is 0 Å². The second-order valence-electron chi connectivity index (χ2n) is 10.2. The molecule has 2 heterocycles. The van der Waals surface area contributed by atoms with Gasteiger partial charge in [-0.3, -0.25) is 9.59 Å². The number of sulfonamides is 1. The number of carbonyl (C=O) groups excluding carboxylic acids is 2. The van der Waals surface area contributed by atoms with E-state index in [9.17, 15) is 18.0 Å². The summed E-state index contributed by atoms with van der Waals surface area (Å²) in [5.41, 5.74) is 1.02. The molecule has 1 aromatic carbocycles. The topological polar surface area (TPSA) is 78.0 Å². The first-order chi connectivity index (χ1) is 16.3. The highest BCUT2D eigenvalue weighted by atomic mass is 32.2. The molecular formula is C26H39N3O4S. The van der Waals surface area contributed by atoms with Crippen LogP contribution in [-0.4, -0.2) is 73.6 Å². The predicted molar refractivity (Wildman–Crippen MR) is 132 cm³/mol. The summed E-state index contributed by atoms with van der Waals surface area (Å²) in [6.45, 7) is 5.04. The predicted octanol–water partition coefficient (Wildman–Crippen LogP) is 3.43. The van der Waals surface area contributed by atoms with Crippen LogP contribution in [0.5, 0.6) is 0 Å². The number of benzene rings is 1. The summed E-state index contributed by atoms with van der Waals surface area (Å²) < 4.78 is 27.4. The lowest BCUT2D eigenvalue weighted by Crippen LogP contribution is -2.53. The van der Waals surface area contributed by atoms with Crippen LogP contribution in [0.1, 0.15) is 63.4 Å². The Balaban J connectivity index is 1.21. The largest absolute Gasteiger partial charge is 0.339 e. The normalized spacial score (nSPS) is 21.6. The lowest BCUT2D eigenvalue weighted by molar-refractivity contribution is -0.143. The van der Waals surface area contributed by atoms with Gasteiger partial charge in [-0.15, -0.1) is 0 Å². The smallest absolute Gasteiger partial charge is 0.243 e. The summed E-state index contributed by atoms with van der Waals surface area (Å²) in [5, 5.41) is 0. The molecule has 2 aliphatic heterocycles. The minimum Gasteiger partial charge on any atom is -0.339 e. The van der Waals surface area contributed by atoms with Crippen LogP contribution in [-0.2, 0) is 19.6 Å². The molecule has 7 nitrogen and oxygen atoms in total. The molecule has 1 aliphatic carbocycles. The van der Waals surface area contributed by atoms with Crippen LogP contribution in [0.15, 0.2) is 29.2 Å². The minimum atomic E-state index is -3.52. The summed E-state index contributed by atoms with van der Waals surface area (Å²) in [5.74, 6) is 0.910. The van der Waals surface area contributed by atoms with Crippen molar-refractivity contribution in [1.82, 2.24) is 14.1 Å². The van der Waals surface area contributed by atoms with Crippen LogP contribution < -0.4 is 0 Å². The van der Waals surface area contributed by atoms with Gasteiger partial charge < -0.3 is 9.80 Å². The number of piperazine rings is 1. The molecule has 2 amide bonds. The number of amides is 2. The Labute approximate surface area is 204 Å². The van der Waals surface area contributed by atoms with Crippen molar-refractivity contribution >= 4 is 21.8 Å². The molecule has 0 N–H and O–H groups in total. The van der Waals surface area contributed by atoms with Gasteiger partial charge in [0.1, 0.15) is 0 Å². The Morgan fingerprint density at radius 3 is 2.03 bits per heavy atom. The number of rotatable bonds is 6. The molecule has 0 bridgehead atoms. The maximum Gasteiger partial charge on any atom is 0.243 e. The van der Waals surface area contributed by atoms with E-state index in [1.807, 2.05) is 28.9 Å². The molecule has 0 atom stereocenters. The third-order valence-electron chi connectivity index (χ3n) is 7.90. The molecule has 34 heavy (non-hydrogen) atoms. The molecule has 3 aliphatic rings. The highest BCUT2D eigenvalue weighted by molar-refractivity contribution is 7.89. The van der Waals surface area contributed by atoms with Crippen LogP contribution >= 0.6 is 0 Å². The molecular weight excluding hydrogens is 450 g/mol. The third kappa shape index (κ3) is 6.00. The van der Waals surface area contributed by atoms with Gasteiger partial charge >= 0.3 is 0 Å². The Bertz CT molecular complexity index is 941. The fraction of sp³-hybridized carbons (Fsp3) is 0.692. The van der Waals surface area contributed by atoms with Crippen molar-refractivity contribution in [2.24, 2.45) is 11.8 Å². The summed E-state index contributed by atoms with van der Waals surface area (Å²) in [4.78, 5) is 29.8. The first kappa shape index (κ1) is 25.2. The average molecular weight is 490 g/mol. The quantitative estimate of drug-likeness (QED) is 0.613. The molecule has 8 heteroatoms. The molecule has 0 unspecified atom stereocenters. The van der Waals surface area contributed by atoms with Crippen molar-refractivity contribution in [3.8, 4) is 0 Å². The number of piperidine rings is 1. The van der Waals surface area contributed by atoms with Gasteiger partial charge in [-0.1, -0.05) is 49.8 Å². The van der Waals surface area contributed by atoms with Gasteiger partial charge in [-0.2, -0.15) is 4.31 Å². The van der Waals surface area contributed by atoms with E-state index in [-0.39, 0.29) is 17.7 Å². The monoisotopic (exact) mass is 489 g/mol. The van der Waals surface area contributed by atoms with Crippen LogP contribution in [0, 0.1) is 18.8 Å². The zero-order chi connectivity index (χ0) is 24.1. The molecule has 0 aromatic heterocycles. The highest BCUT2D eigenvalue weighted by Gasteiger charge is 2.35. The molecule has 2 saturated heterocycles. The molecule has 188 valence electrons. The van der Waals surface area contributed by atoms with Crippen molar-refractivity contribution < 1.29 is 18.0 Å². The van der Waals surface area contributed by atoms with Crippen molar-refractivity contribution in [3.05, 3.63) is 29.8 Å². The SMILES string of the molecule is Cc1ccc(S(=O)(=O)N2CCC(C(=O)N3CCN(C(=O)CCC4CCCCC4)CC3)CC2)cc1. The number of hydrogen-bond acceptors (Lipinski definition) is 4. The zero-order valence-electron chi connectivity index (χ0n) is 20.5. The maximum atomic E-state index is 13.1. The van der Waals surface area contributed by atoms with Crippen LogP contribution in [0.2, 0.25) is 0 Å². The first-order valence-corrected chi connectivity index (χ1v) is 14.4. The fourth-order valence-electron chi connectivity index (χ4n) is 5.60. The van der Waals surface area contributed by atoms with Gasteiger partial charge in [0, 0.05) is 51.6 Å². The van der Waals surface area contributed by atoms with Crippen LogP contribution in [0.4, 0.5) is 0 Å². The zero-order valence-corrected chi connectivity index (χ0v) is 21.3. The van der Waals surface area contributed by atoms with E-state index in [1.165, 1.54) is 36.4 Å². The van der Waals surface area contributed by atoms with Crippen molar-refractivity contribution in [3.63, 3.8) is 0 Å². The summed E-state index contributed by atoms with van der Waals surface area (Å²) >= 11 is 0. The van der Waals surface area contributed by atoms with Crippen molar-refractivity contribution in [2.75, 3.05) is 39.3 Å². The average Bonchev–Trinajstić information content (AvgIpc) is 2.88. The summed E-state index contributed by atoms with van der Waals surface area (Å²) in [6, 6.07) is 6.92. The van der Waals surface area contributed by atoms with Gasteiger partial charge in [-0.25, -0.2) is 8.42 Å². The summed E-state index contributed by atoms with van der Waals surface area (Å²) in [7, 11) is -3.52. The van der Waals surface area contributed by atoms with Gasteiger partial charge in [0.15, 0.2) is 0 Å². The summed E-state index contributed by atoms with van der Waals surface area (Å²) in [6.07, 6.45) is 9.19. The number of carbonyl (C=O) groups is 2. The van der Waals surface area contributed by atoms with E-state index in [0.29, 0.717) is 69.3 Å². The lowest BCUT2D eigenvalue weighted by Gasteiger charge is -2.38. The van der Waals surface area contributed by atoms with Crippen LogP contribution in [0.25, 0.3) is 0 Å². The Kier molecular flexibility index (Phi) is 8.30. The highest BCUT2D eigenvalue weighted by Crippen LogP contribution is 2.28. The molecule has 0 radical (unpaired) electrons. The number of hydrogen-bond donors (Lipinski definition) is 0. The molecule has 1 saturated carbocycles. The van der Waals surface area contributed by atoms with E-state index >= 15 is 0 Å². The second-order valence-corrected chi connectivity index (χ2v) is 12.2. The number of aryl methyl sites for hydroxylation is 1. The van der Waals surface area contributed by atoms with E-state index in [0.717, 1.165) is 12.0 Å². The molecule has 3 fully saturated rings. The van der Waals surface area contributed by atoms with Crippen molar-refractivity contribution in [1.29, 1.82) is 0 Å². The standard InChI is InChI=1S/C26H39N3O4S/c1-21-7-10-24(11-8-21)34(32,33)29-15-13-23(14-16-29)26(31)28-19-17-27(18-20-28)25(30)12-9-22-5-3-2-4-6-22/h7-8,10-11,22-23H,2-6,9,12-20H2,1H3. The van der Waals surface area contributed by atoms with Gasteiger partial charge in [0.05, 0.1) is 4.90 Å². The van der Waals surface area contributed by atoms with E-state index in [4.69, 9.17) is 0 Å². The minimum absolute atomic E-state index is 0.113. The van der Waals surface area contributed by atoms with Gasteiger partial charge in [-0.05, 0) is 44.2 Å². The Morgan fingerprint density at radius 2 is 1.41 bits per heavy atom. The van der Waals surface area contributed by atoms with Crippen molar-refractivity contribution in [2.45, 2.75) is 69.6 Å². The van der Waals surface area contributed by atoms with E-state index in [2.05, 4.69) is 0 Å². The molecule has 0 spiro atoms. The Hall–Kier alpha value is -1.93. The molecule has 1 aromatic rings. The number of nitrogens with zero attached hydrogens (tertiary/aromatic N) is 3. The molecule has 4 rings (SSSR count). The van der Waals surface area contributed by atoms with Gasteiger partial charge in [0.2, 0.25) is 21.8 Å². The maximum absolute atomic E-state index is 13.1. The third-order valence-corrected chi connectivity index (χ3v) is 9.81. The first-order valence-electron chi connectivity index (χ1n) is 13.0. The fourth-order valence-corrected chi connectivity index (χ4v) is 7.07. The van der Waals surface area contributed by atoms with Gasteiger partial charge in [0.25, 0.3) is 0 Å². The van der Waals surface area contributed by atoms with E-state index < -0.39 is 10.0 Å². The Morgan fingerprint density at radius 1 is 0.824 bits per heavy atom. The van der Waals surface area contributed by atoms with E-state index in [1.54, 1.807) is 12.1 Å². The lowest BCUT2D eigenvalue weighted by atomic mass is 9.86.